The zero-order valence-corrected chi connectivity index (χ0v) is 11.2. The zero-order valence-electron chi connectivity index (χ0n) is 11.2. The standard InChI is InChI=1S/C12H20N6O/c1-6(2)3-7(5-13)4-8-15-9-10(16-8)17-12(14)18-11(9)19/h6-7H,3-5,13H2,1-2H3,(H4,14,15,16,17,18,19). The molecule has 104 valence electrons. The lowest BCUT2D eigenvalue weighted by atomic mass is 9.94. The van der Waals surface area contributed by atoms with Crippen molar-refractivity contribution in [3.05, 3.63) is 16.2 Å². The number of nitrogens with two attached hydrogens (primary N) is 2. The highest BCUT2D eigenvalue weighted by atomic mass is 16.1. The van der Waals surface area contributed by atoms with Crippen LogP contribution < -0.4 is 17.0 Å². The summed E-state index contributed by atoms with van der Waals surface area (Å²) >= 11 is 0. The van der Waals surface area contributed by atoms with Crippen LogP contribution in [0.5, 0.6) is 0 Å². The van der Waals surface area contributed by atoms with Gasteiger partial charge < -0.3 is 16.5 Å². The van der Waals surface area contributed by atoms with E-state index in [-0.39, 0.29) is 11.5 Å². The molecule has 2 rings (SSSR count). The van der Waals surface area contributed by atoms with Gasteiger partial charge in [0, 0.05) is 6.42 Å². The fourth-order valence-corrected chi connectivity index (χ4v) is 2.27. The van der Waals surface area contributed by atoms with Crippen LogP contribution in [0.25, 0.3) is 11.2 Å². The van der Waals surface area contributed by atoms with Crippen molar-refractivity contribution in [2.45, 2.75) is 26.7 Å². The average Bonchev–Trinajstić information content (AvgIpc) is 2.70. The molecule has 0 fully saturated rings. The van der Waals surface area contributed by atoms with Gasteiger partial charge in [0.05, 0.1) is 0 Å². The first-order valence-corrected chi connectivity index (χ1v) is 6.44. The molecule has 0 amide bonds. The second kappa shape index (κ2) is 5.40. The van der Waals surface area contributed by atoms with Crippen LogP contribution in [0.4, 0.5) is 5.95 Å². The molecular weight excluding hydrogens is 244 g/mol. The van der Waals surface area contributed by atoms with E-state index in [4.69, 9.17) is 11.5 Å². The minimum Gasteiger partial charge on any atom is -0.369 e. The molecule has 6 N–H and O–H groups in total. The minimum atomic E-state index is -0.297. The molecule has 2 aromatic heterocycles. The Morgan fingerprint density at radius 1 is 1.26 bits per heavy atom. The Balaban J connectivity index is 2.26. The van der Waals surface area contributed by atoms with Crippen LogP contribution in [0, 0.1) is 11.8 Å². The summed E-state index contributed by atoms with van der Waals surface area (Å²) in [6.07, 6.45) is 1.74. The Hall–Kier alpha value is -1.89. The van der Waals surface area contributed by atoms with Gasteiger partial charge in [0.25, 0.3) is 5.56 Å². The Bertz CT molecular complexity index is 614. The van der Waals surface area contributed by atoms with Crippen molar-refractivity contribution in [1.29, 1.82) is 0 Å². The van der Waals surface area contributed by atoms with Crippen LogP contribution in [0.3, 0.4) is 0 Å². The number of nitrogens with one attached hydrogen (secondary N) is 2. The number of nitrogens with zero attached hydrogens (tertiary/aromatic N) is 2. The van der Waals surface area contributed by atoms with Crippen molar-refractivity contribution in [2.75, 3.05) is 12.3 Å². The van der Waals surface area contributed by atoms with E-state index in [9.17, 15) is 4.79 Å². The first-order valence-electron chi connectivity index (χ1n) is 6.44. The largest absolute Gasteiger partial charge is 0.369 e. The monoisotopic (exact) mass is 264 g/mol. The molecule has 7 nitrogen and oxygen atoms in total. The number of aromatic amines is 2. The molecule has 0 aliphatic heterocycles. The summed E-state index contributed by atoms with van der Waals surface area (Å²) in [5.41, 5.74) is 11.7. The smallest absolute Gasteiger partial charge is 0.278 e. The van der Waals surface area contributed by atoms with E-state index in [0.717, 1.165) is 12.2 Å². The molecule has 0 bridgehead atoms. The van der Waals surface area contributed by atoms with E-state index in [1.165, 1.54) is 0 Å². The number of fused-ring (bicyclic) bond motifs is 1. The fourth-order valence-electron chi connectivity index (χ4n) is 2.27. The first-order chi connectivity index (χ1) is 8.99. The lowest BCUT2D eigenvalue weighted by molar-refractivity contribution is 0.410. The summed E-state index contributed by atoms with van der Waals surface area (Å²) in [7, 11) is 0. The molecule has 0 aromatic carbocycles. The maximum absolute atomic E-state index is 11.7. The number of hydrogen-bond acceptors (Lipinski definition) is 5. The van der Waals surface area contributed by atoms with Crippen LogP contribution >= 0.6 is 0 Å². The molecule has 2 heterocycles. The number of aromatic nitrogens is 4. The van der Waals surface area contributed by atoms with Gasteiger partial charge >= 0.3 is 0 Å². The number of anilines is 1. The van der Waals surface area contributed by atoms with E-state index in [1.54, 1.807) is 0 Å². The predicted molar refractivity (Wildman–Crippen MR) is 74.6 cm³/mol. The minimum absolute atomic E-state index is 0.0769. The van der Waals surface area contributed by atoms with E-state index >= 15 is 0 Å². The Morgan fingerprint density at radius 3 is 2.63 bits per heavy atom. The summed E-state index contributed by atoms with van der Waals surface area (Å²) < 4.78 is 0. The predicted octanol–water partition coefficient (Wildman–Crippen LogP) is 0.392. The highest BCUT2D eigenvalue weighted by molar-refractivity contribution is 5.70. The summed E-state index contributed by atoms with van der Waals surface area (Å²) in [4.78, 5) is 25.4. The Labute approximate surface area is 110 Å². The second-order valence-corrected chi connectivity index (χ2v) is 5.27. The van der Waals surface area contributed by atoms with E-state index in [1.807, 2.05) is 0 Å². The highest BCUT2D eigenvalue weighted by Gasteiger charge is 2.14. The maximum Gasteiger partial charge on any atom is 0.278 e. The third-order valence-electron chi connectivity index (χ3n) is 3.05. The topological polar surface area (TPSA) is 126 Å². The normalized spacial score (nSPS) is 13.3. The van der Waals surface area contributed by atoms with E-state index in [2.05, 4.69) is 33.8 Å². The van der Waals surface area contributed by atoms with Gasteiger partial charge in [-0.05, 0) is 24.8 Å². The molecule has 0 aliphatic carbocycles. The van der Waals surface area contributed by atoms with Gasteiger partial charge in [-0.15, -0.1) is 0 Å². The number of hydrogen-bond donors (Lipinski definition) is 4. The summed E-state index contributed by atoms with van der Waals surface area (Å²) in [5.74, 6) is 1.73. The van der Waals surface area contributed by atoms with Crippen molar-refractivity contribution in [1.82, 2.24) is 19.9 Å². The maximum atomic E-state index is 11.7. The van der Waals surface area contributed by atoms with Crippen molar-refractivity contribution >= 4 is 17.1 Å². The molecule has 0 saturated carbocycles. The lowest BCUT2D eigenvalue weighted by Crippen LogP contribution is -2.19. The van der Waals surface area contributed by atoms with Gasteiger partial charge in [0.2, 0.25) is 5.95 Å². The van der Waals surface area contributed by atoms with Gasteiger partial charge in [-0.25, -0.2) is 4.98 Å². The molecule has 0 radical (unpaired) electrons. The number of imidazole rings is 1. The highest BCUT2D eigenvalue weighted by Crippen LogP contribution is 2.16. The Morgan fingerprint density at radius 2 is 2.00 bits per heavy atom. The molecule has 0 saturated heterocycles. The van der Waals surface area contributed by atoms with Crippen molar-refractivity contribution < 1.29 is 0 Å². The third-order valence-corrected chi connectivity index (χ3v) is 3.05. The number of nitrogen functional groups attached to an aromatic ring is 1. The van der Waals surface area contributed by atoms with Gasteiger partial charge in [-0.1, -0.05) is 13.8 Å². The Kier molecular flexibility index (Phi) is 3.84. The average molecular weight is 264 g/mol. The van der Waals surface area contributed by atoms with Crippen molar-refractivity contribution in [2.24, 2.45) is 17.6 Å². The summed E-state index contributed by atoms with van der Waals surface area (Å²) in [5, 5.41) is 0. The quantitative estimate of drug-likeness (QED) is 0.621. The lowest BCUT2D eigenvalue weighted by Gasteiger charge is -2.15. The first kappa shape index (κ1) is 13.5. The molecule has 19 heavy (non-hydrogen) atoms. The van der Waals surface area contributed by atoms with Crippen molar-refractivity contribution in [3.63, 3.8) is 0 Å². The van der Waals surface area contributed by atoms with Gasteiger partial charge in [-0.3, -0.25) is 9.78 Å². The molecule has 1 atom stereocenters. The SMILES string of the molecule is CC(C)CC(CN)Cc1nc2nc(N)[nH]c(=O)c2[nH]1. The van der Waals surface area contributed by atoms with E-state index in [0.29, 0.717) is 36.0 Å². The number of H-pyrrole nitrogens is 2. The van der Waals surface area contributed by atoms with Crippen LogP contribution in [-0.2, 0) is 6.42 Å². The van der Waals surface area contributed by atoms with Crippen LogP contribution in [0.15, 0.2) is 4.79 Å². The van der Waals surface area contributed by atoms with Crippen LogP contribution in [-0.4, -0.2) is 26.5 Å². The molecule has 1 unspecified atom stereocenters. The summed E-state index contributed by atoms with van der Waals surface area (Å²) in [6.45, 7) is 4.92. The summed E-state index contributed by atoms with van der Waals surface area (Å²) in [6, 6.07) is 0. The molecule has 7 heteroatoms. The molecule has 0 spiro atoms. The van der Waals surface area contributed by atoms with E-state index < -0.39 is 0 Å². The molecule has 0 aliphatic rings. The van der Waals surface area contributed by atoms with Gasteiger partial charge in [0.1, 0.15) is 5.82 Å². The second-order valence-electron chi connectivity index (χ2n) is 5.27. The molecular formula is C12H20N6O. The van der Waals surface area contributed by atoms with Crippen molar-refractivity contribution in [3.8, 4) is 0 Å². The fraction of sp³-hybridized carbons (Fsp3) is 0.583. The third kappa shape index (κ3) is 3.11. The van der Waals surface area contributed by atoms with Crippen LogP contribution in [0.1, 0.15) is 26.1 Å². The molecule has 2 aromatic rings. The van der Waals surface area contributed by atoms with Crippen LogP contribution in [0.2, 0.25) is 0 Å². The number of rotatable bonds is 5. The van der Waals surface area contributed by atoms with Gasteiger partial charge in [-0.2, -0.15) is 4.98 Å². The van der Waals surface area contributed by atoms with Gasteiger partial charge in [0.15, 0.2) is 11.2 Å². The zero-order chi connectivity index (χ0) is 14.0.